The van der Waals surface area contributed by atoms with E-state index in [0.717, 1.165) is 28.3 Å². The molecular weight excluding hydrogens is 488 g/mol. The van der Waals surface area contributed by atoms with E-state index in [9.17, 15) is 9.59 Å². The van der Waals surface area contributed by atoms with Gasteiger partial charge in [0.15, 0.2) is 5.17 Å². The summed E-state index contributed by atoms with van der Waals surface area (Å²) in [6, 6.07) is 24.6. The lowest BCUT2D eigenvalue weighted by Gasteiger charge is -2.23. The van der Waals surface area contributed by atoms with E-state index in [4.69, 9.17) is 14.6 Å². The van der Waals surface area contributed by atoms with Crippen LogP contribution in [0.15, 0.2) is 89.0 Å². The van der Waals surface area contributed by atoms with Crippen LogP contribution in [0.5, 0.6) is 11.5 Å². The Morgan fingerprint density at radius 1 is 0.973 bits per heavy atom. The van der Waals surface area contributed by atoms with E-state index in [0.29, 0.717) is 17.3 Å². The molecule has 0 bridgehead atoms. The van der Waals surface area contributed by atoms with Crippen LogP contribution in [0.2, 0.25) is 0 Å². The molecule has 1 N–H and O–H groups in total. The van der Waals surface area contributed by atoms with E-state index in [1.54, 1.807) is 19.2 Å². The van der Waals surface area contributed by atoms with Gasteiger partial charge in [-0.25, -0.2) is 5.01 Å². The predicted molar refractivity (Wildman–Crippen MR) is 145 cm³/mol. The number of rotatable bonds is 7. The number of ether oxygens (including phenoxy) is 2. The highest BCUT2D eigenvalue weighted by Crippen LogP contribution is 2.39. The number of aliphatic imine (C=N–C) groups is 1. The number of hydrazone groups is 1. The van der Waals surface area contributed by atoms with Gasteiger partial charge < -0.3 is 14.8 Å². The molecule has 2 amide bonds. The maximum absolute atomic E-state index is 12.8. The highest BCUT2D eigenvalue weighted by Gasteiger charge is 2.39. The number of nitrogens with one attached hydrogen (secondary N) is 1. The van der Waals surface area contributed by atoms with E-state index in [1.807, 2.05) is 78.9 Å². The third-order valence-electron chi connectivity index (χ3n) is 6.19. The first-order valence-corrected chi connectivity index (χ1v) is 12.7. The lowest BCUT2D eigenvalue weighted by molar-refractivity contribution is -0.121. The van der Waals surface area contributed by atoms with Crippen molar-refractivity contribution in [1.29, 1.82) is 0 Å². The van der Waals surface area contributed by atoms with Gasteiger partial charge in [-0.05, 0) is 59.7 Å². The summed E-state index contributed by atoms with van der Waals surface area (Å²) in [5.41, 5.74) is 3.56. The Bertz CT molecular complexity index is 1340. The van der Waals surface area contributed by atoms with Crippen molar-refractivity contribution in [1.82, 2.24) is 5.01 Å². The van der Waals surface area contributed by atoms with Gasteiger partial charge in [0, 0.05) is 18.5 Å². The van der Waals surface area contributed by atoms with E-state index >= 15 is 0 Å². The number of benzene rings is 3. The Morgan fingerprint density at radius 3 is 2.27 bits per heavy atom. The maximum Gasteiger partial charge on any atom is 0.262 e. The van der Waals surface area contributed by atoms with Crippen LogP contribution in [0.1, 0.15) is 30.0 Å². The van der Waals surface area contributed by atoms with Crippen LogP contribution in [0.4, 0.5) is 5.69 Å². The molecule has 2 aliphatic heterocycles. The molecule has 0 aliphatic carbocycles. The molecule has 0 saturated carbocycles. The minimum atomic E-state index is -0.601. The van der Waals surface area contributed by atoms with Gasteiger partial charge >= 0.3 is 0 Å². The van der Waals surface area contributed by atoms with Crippen molar-refractivity contribution in [2.24, 2.45) is 10.1 Å². The van der Waals surface area contributed by atoms with E-state index in [1.165, 1.54) is 11.8 Å². The molecule has 0 unspecified atom stereocenters. The Morgan fingerprint density at radius 2 is 1.62 bits per heavy atom. The molecule has 8 nitrogen and oxygen atoms in total. The summed E-state index contributed by atoms with van der Waals surface area (Å²) in [4.78, 5) is 29.7. The molecule has 9 heteroatoms. The fourth-order valence-electron chi connectivity index (χ4n) is 4.24. The Hall–Kier alpha value is -4.11. The van der Waals surface area contributed by atoms with Crippen LogP contribution in [0.25, 0.3) is 0 Å². The number of para-hydroxylation sites is 1. The summed E-state index contributed by atoms with van der Waals surface area (Å²) in [5.74, 6) is 0.967. The van der Waals surface area contributed by atoms with Crippen molar-refractivity contribution in [3.63, 3.8) is 0 Å². The maximum atomic E-state index is 12.8. The Balaban J connectivity index is 1.36. The van der Waals surface area contributed by atoms with Crippen molar-refractivity contribution in [2.45, 2.75) is 24.1 Å². The Labute approximate surface area is 219 Å². The number of methoxy groups -OCH3 is 2. The number of carbonyl (C=O) groups excluding carboxylic acids is 2. The zero-order valence-electron chi connectivity index (χ0n) is 20.5. The Kier molecular flexibility index (Phi) is 7.23. The van der Waals surface area contributed by atoms with Crippen molar-refractivity contribution in [2.75, 3.05) is 19.5 Å². The van der Waals surface area contributed by atoms with Crippen molar-refractivity contribution in [3.8, 4) is 11.5 Å². The zero-order chi connectivity index (χ0) is 25.8. The second-order valence-electron chi connectivity index (χ2n) is 8.57. The average molecular weight is 515 g/mol. The van der Waals surface area contributed by atoms with Gasteiger partial charge in [0.1, 0.15) is 16.7 Å². The number of hydrogen-bond acceptors (Lipinski definition) is 7. The van der Waals surface area contributed by atoms with Crippen LogP contribution in [-0.4, -0.2) is 47.2 Å². The molecule has 188 valence electrons. The first-order valence-electron chi connectivity index (χ1n) is 11.8. The molecule has 2 atom stereocenters. The topological polar surface area (TPSA) is 92.6 Å². The summed E-state index contributed by atoms with van der Waals surface area (Å²) < 4.78 is 10.6. The molecule has 5 rings (SSSR count). The third-order valence-corrected chi connectivity index (χ3v) is 7.33. The molecule has 2 heterocycles. The van der Waals surface area contributed by atoms with Gasteiger partial charge in [0.25, 0.3) is 5.91 Å². The summed E-state index contributed by atoms with van der Waals surface area (Å²) in [7, 11) is 3.26. The molecule has 0 radical (unpaired) electrons. The molecule has 2 aliphatic rings. The summed E-state index contributed by atoms with van der Waals surface area (Å²) >= 11 is 1.28. The van der Waals surface area contributed by atoms with Crippen LogP contribution in [0, 0.1) is 0 Å². The van der Waals surface area contributed by atoms with Crippen LogP contribution in [0.3, 0.4) is 0 Å². The van der Waals surface area contributed by atoms with Crippen molar-refractivity contribution in [3.05, 3.63) is 90.0 Å². The van der Waals surface area contributed by atoms with Gasteiger partial charge in [-0.2, -0.15) is 10.1 Å². The quantitative estimate of drug-likeness (QED) is 0.483. The van der Waals surface area contributed by atoms with Crippen LogP contribution >= 0.6 is 11.8 Å². The number of thioether (sulfide) groups is 1. The van der Waals surface area contributed by atoms with Crippen molar-refractivity contribution < 1.29 is 19.1 Å². The SMILES string of the molecule is COc1ccc(C2=NN(C3=NC(=O)[C@@H](CC(=O)Nc4ccccc4)S3)[C@H](c3ccc(OC)cc3)C2)cc1. The minimum absolute atomic E-state index is 0.0293. The van der Waals surface area contributed by atoms with Gasteiger partial charge in [0.2, 0.25) is 5.91 Å². The third kappa shape index (κ3) is 5.51. The van der Waals surface area contributed by atoms with E-state index < -0.39 is 5.25 Å². The van der Waals surface area contributed by atoms with Gasteiger partial charge in [-0.1, -0.05) is 42.1 Å². The number of anilines is 1. The van der Waals surface area contributed by atoms with Gasteiger partial charge in [-0.3, -0.25) is 9.59 Å². The largest absolute Gasteiger partial charge is 0.497 e. The molecule has 0 spiro atoms. The number of carbonyl (C=O) groups is 2. The number of hydrogen-bond donors (Lipinski definition) is 1. The van der Waals surface area contributed by atoms with Crippen molar-refractivity contribution >= 4 is 40.1 Å². The van der Waals surface area contributed by atoms with Crippen LogP contribution in [-0.2, 0) is 9.59 Å². The van der Waals surface area contributed by atoms with E-state index in [-0.39, 0.29) is 24.3 Å². The lowest BCUT2D eigenvalue weighted by Crippen LogP contribution is -2.25. The molecular formula is C28H26N4O4S. The standard InChI is InChI=1S/C28H26N4O4S/c1-35-21-12-8-18(9-13-21)23-16-24(19-10-14-22(36-2)15-11-19)32(31-23)28-30-27(34)25(37-28)17-26(33)29-20-6-4-3-5-7-20/h3-15,24-25H,16-17H2,1-2H3,(H,29,33)/t24-,25+/m0/s1. The van der Waals surface area contributed by atoms with Crippen LogP contribution < -0.4 is 14.8 Å². The fraction of sp³-hybridized carbons (Fsp3) is 0.214. The molecule has 37 heavy (non-hydrogen) atoms. The van der Waals surface area contributed by atoms with Gasteiger partial charge in [-0.15, -0.1) is 0 Å². The molecule has 3 aromatic carbocycles. The smallest absolute Gasteiger partial charge is 0.262 e. The molecule has 0 aromatic heterocycles. The number of amides is 2. The average Bonchev–Trinajstić information content (AvgIpc) is 3.53. The zero-order valence-corrected chi connectivity index (χ0v) is 21.3. The minimum Gasteiger partial charge on any atom is -0.497 e. The fourth-order valence-corrected chi connectivity index (χ4v) is 5.30. The first kappa shape index (κ1) is 24.6. The lowest BCUT2D eigenvalue weighted by atomic mass is 9.98. The second kappa shape index (κ2) is 10.9. The summed E-state index contributed by atoms with van der Waals surface area (Å²) in [6.45, 7) is 0. The number of nitrogens with zero attached hydrogens (tertiary/aromatic N) is 3. The molecule has 3 aromatic rings. The van der Waals surface area contributed by atoms with E-state index in [2.05, 4.69) is 10.3 Å². The molecule has 0 saturated heterocycles. The normalized spacial score (nSPS) is 18.9. The summed E-state index contributed by atoms with van der Waals surface area (Å²) in [5, 5.41) is 9.42. The molecule has 0 fully saturated rings. The summed E-state index contributed by atoms with van der Waals surface area (Å²) in [6.07, 6.45) is 0.660. The first-order chi connectivity index (χ1) is 18.0. The predicted octanol–water partition coefficient (Wildman–Crippen LogP) is 4.88. The number of amidine groups is 1. The second-order valence-corrected chi connectivity index (χ2v) is 9.74. The highest BCUT2D eigenvalue weighted by atomic mass is 32.2. The monoisotopic (exact) mass is 514 g/mol. The highest BCUT2D eigenvalue weighted by molar-refractivity contribution is 8.15. The van der Waals surface area contributed by atoms with Gasteiger partial charge in [0.05, 0.1) is 26.0 Å².